The lowest BCUT2D eigenvalue weighted by molar-refractivity contribution is -0.136. The number of thiazole rings is 1. The van der Waals surface area contributed by atoms with Gasteiger partial charge in [-0.05, 0) is 45.7 Å². The Morgan fingerprint density at radius 2 is 2.00 bits per heavy atom. The fourth-order valence-corrected chi connectivity index (χ4v) is 6.35. The monoisotopic (exact) mass is 605 g/mol. The van der Waals surface area contributed by atoms with Crippen LogP contribution in [0.15, 0.2) is 46.0 Å². The van der Waals surface area contributed by atoms with Crippen LogP contribution in [0, 0.1) is 5.82 Å². The third-order valence-corrected chi connectivity index (χ3v) is 8.26. The maximum atomic E-state index is 13.9. The van der Waals surface area contributed by atoms with Crippen LogP contribution in [0.5, 0.6) is 0 Å². The van der Waals surface area contributed by atoms with Crippen molar-refractivity contribution in [2.24, 2.45) is 4.99 Å². The molecule has 1 amide bonds. The smallest absolute Gasteiger partial charge is 0.407 e. The zero-order chi connectivity index (χ0) is 29.3. The van der Waals surface area contributed by atoms with Crippen LogP contribution in [0.4, 0.5) is 9.18 Å². The van der Waals surface area contributed by atoms with Crippen LogP contribution >= 0.6 is 22.9 Å². The van der Waals surface area contributed by atoms with E-state index in [1.54, 1.807) is 6.20 Å². The lowest BCUT2D eigenvalue weighted by Gasteiger charge is -2.49. The summed E-state index contributed by atoms with van der Waals surface area (Å²) in [6.45, 7) is 6.81. The summed E-state index contributed by atoms with van der Waals surface area (Å²) in [6, 6.07) is 3.07. The first-order valence-corrected chi connectivity index (χ1v) is 14.6. The summed E-state index contributed by atoms with van der Waals surface area (Å²) < 4.78 is 30.5. The fourth-order valence-electron chi connectivity index (χ4n) is 5.49. The highest BCUT2D eigenvalue weighted by Crippen LogP contribution is 2.38. The summed E-state index contributed by atoms with van der Waals surface area (Å²) >= 11 is 7.88. The quantitative estimate of drug-likeness (QED) is 0.471. The molecule has 5 rings (SSSR count). The molecule has 1 aromatic heterocycles. The number of carbonyl (C=O) groups excluding carboxylic acids is 2. The van der Waals surface area contributed by atoms with Gasteiger partial charge in [-0.2, -0.15) is 0 Å². The average molecular weight is 606 g/mol. The van der Waals surface area contributed by atoms with E-state index in [4.69, 9.17) is 30.8 Å². The fraction of sp³-hybridized carbons (Fsp3) is 0.500. The summed E-state index contributed by atoms with van der Waals surface area (Å²) in [7, 11) is 1.31. The number of benzene rings is 1. The van der Waals surface area contributed by atoms with Crippen molar-refractivity contribution in [1.82, 2.24) is 20.5 Å². The molecule has 3 aliphatic rings. The van der Waals surface area contributed by atoms with Crippen LogP contribution in [-0.2, 0) is 19.0 Å². The van der Waals surface area contributed by atoms with E-state index >= 15 is 0 Å². The first-order chi connectivity index (χ1) is 19.5. The van der Waals surface area contributed by atoms with E-state index in [0.29, 0.717) is 54.7 Å². The predicted molar refractivity (Wildman–Crippen MR) is 152 cm³/mol. The van der Waals surface area contributed by atoms with E-state index < -0.39 is 29.5 Å². The van der Waals surface area contributed by atoms with Crippen molar-refractivity contribution in [3.05, 3.63) is 62.5 Å². The second-order valence-electron chi connectivity index (χ2n) is 11.2. The molecule has 0 radical (unpaired) electrons. The zero-order valence-electron chi connectivity index (χ0n) is 23.3. The molecule has 13 heteroatoms. The molecule has 2 aromatic rings. The molecule has 10 nitrogen and oxygen atoms in total. The van der Waals surface area contributed by atoms with E-state index in [1.807, 2.05) is 26.2 Å². The van der Waals surface area contributed by atoms with Crippen LogP contribution in [0.1, 0.15) is 50.2 Å². The number of fused-ring (bicyclic) bond motifs is 2. The number of esters is 1. The molecule has 0 saturated carbocycles. The van der Waals surface area contributed by atoms with E-state index in [1.165, 1.54) is 36.6 Å². The Labute approximate surface area is 246 Å². The minimum atomic E-state index is -0.840. The number of nitrogens with one attached hydrogen (secondary N) is 2. The Morgan fingerprint density at radius 3 is 2.61 bits per heavy atom. The minimum absolute atomic E-state index is 0.0225. The molecule has 1 aromatic carbocycles. The SMILES string of the molecule is COC(=O)C1=C(CN2[C@@H]3COC[C@H]2C[C@H](NC(=O)OC(C)(C)C)C3)NC(c2nccs2)=N[C@H]1c1ccc(F)cc1Cl. The van der Waals surface area contributed by atoms with E-state index in [2.05, 4.69) is 20.5 Å². The number of morpholine rings is 1. The van der Waals surface area contributed by atoms with Gasteiger partial charge in [-0.25, -0.2) is 19.0 Å². The van der Waals surface area contributed by atoms with Crippen molar-refractivity contribution < 1.29 is 28.2 Å². The van der Waals surface area contributed by atoms with Crippen LogP contribution in [-0.4, -0.2) is 78.4 Å². The Kier molecular flexibility index (Phi) is 8.65. The zero-order valence-corrected chi connectivity index (χ0v) is 24.9. The standard InChI is InChI=1S/C28H33ClFN5O5S/c1-28(2,3)40-27(37)32-16-10-17-13-39-14-18(11-16)35(17)12-21-22(26(36)38-4)23(19-6-5-15(30)9-20(19)29)34-24(33-21)25-31-7-8-41-25/h5-9,16-18,23H,10-14H2,1-4H3,(H,32,37)(H,33,34)/t16-,17+,18-,23-/m0/s1. The van der Waals surface area contributed by atoms with Crippen LogP contribution in [0.2, 0.25) is 5.02 Å². The third-order valence-electron chi connectivity index (χ3n) is 7.16. The third kappa shape index (κ3) is 6.72. The second-order valence-corrected chi connectivity index (χ2v) is 12.5. The number of piperidine rings is 1. The highest BCUT2D eigenvalue weighted by molar-refractivity contribution is 7.11. The number of aromatic nitrogens is 1. The number of hydrogen-bond donors (Lipinski definition) is 2. The van der Waals surface area contributed by atoms with Crippen molar-refractivity contribution in [2.75, 3.05) is 26.9 Å². The number of rotatable bonds is 6. The summed E-state index contributed by atoms with van der Waals surface area (Å²) in [6.07, 6.45) is 2.53. The molecule has 2 N–H and O–H groups in total. The van der Waals surface area contributed by atoms with Gasteiger partial charge in [0.05, 0.1) is 25.9 Å². The van der Waals surface area contributed by atoms with Gasteiger partial charge < -0.3 is 24.8 Å². The minimum Gasteiger partial charge on any atom is -0.466 e. The van der Waals surface area contributed by atoms with Crippen molar-refractivity contribution >= 4 is 40.8 Å². The van der Waals surface area contributed by atoms with Crippen molar-refractivity contribution in [2.45, 2.75) is 63.4 Å². The molecule has 41 heavy (non-hydrogen) atoms. The Balaban J connectivity index is 1.46. The van der Waals surface area contributed by atoms with Gasteiger partial charge in [0, 0.05) is 52.5 Å². The second kappa shape index (κ2) is 12.0. The molecule has 0 unspecified atom stereocenters. The number of amidine groups is 1. The number of halogens is 2. The topological polar surface area (TPSA) is 114 Å². The normalized spacial score (nSPS) is 24.8. The van der Waals surface area contributed by atoms with Crippen LogP contribution in [0.3, 0.4) is 0 Å². The number of aliphatic imine (C=N–C) groups is 1. The molecule has 2 saturated heterocycles. The number of carbonyl (C=O) groups is 2. The van der Waals surface area contributed by atoms with Gasteiger partial charge in [-0.1, -0.05) is 17.7 Å². The molecule has 2 bridgehead atoms. The van der Waals surface area contributed by atoms with Crippen molar-refractivity contribution in [1.29, 1.82) is 0 Å². The van der Waals surface area contributed by atoms with Crippen LogP contribution in [0.25, 0.3) is 0 Å². The van der Waals surface area contributed by atoms with Crippen molar-refractivity contribution in [3.63, 3.8) is 0 Å². The molecular formula is C28H33ClFN5O5S. The highest BCUT2D eigenvalue weighted by atomic mass is 35.5. The van der Waals surface area contributed by atoms with Gasteiger partial charge in [0.1, 0.15) is 17.5 Å². The van der Waals surface area contributed by atoms with Crippen LogP contribution < -0.4 is 10.6 Å². The van der Waals surface area contributed by atoms with E-state index in [9.17, 15) is 14.0 Å². The van der Waals surface area contributed by atoms with Gasteiger partial charge >= 0.3 is 12.1 Å². The molecular weight excluding hydrogens is 573 g/mol. The number of hydrogen-bond acceptors (Lipinski definition) is 10. The van der Waals surface area contributed by atoms with Crippen molar-refractivity contribution in [3.8, 4) is 0 Å². The molecule has 0 spiro atoms. The van der Waals surface area contributed by atoms with Gasteiger partial charge in [0.25, 0.3) is 0 Å². The predicted octanol–water partition coefficient (Wildman–Crippen LogP) is 4.21. The molecule has 220 valence electrons. The Morgan fingerprint density at radius 1 is 1.27 bits per heavy atom. The van der Waals surface area contributed by atoms with E-state index in [0.717, 1.165) is 0 Å². The molecule has 4 heterocycles. The first-order valence-electron chi connectivity index (χ1n) is 13.4. The van der Waals surface area contributed by atoms with Gasteiger partial charge in [-0.3, -0.25) is 9.89 Å². The number of ether oxygens (including phenoxy) is 3. The average Bonchev–Trinajstić information content (AvgIpc) is 3.42. The summed E-state index contributed by atoms with van der Waals surface area (Å²) in [5.74, 6) is -0.574. The first kappa shape index (κ1) is 29.4. The number of methoxy groups -OCH3 is 1. The highest BCUT2D eigenvalue weighted by Gasteiger charge is 2.42. The maximum Gasteiger partial charge on any atom is 0.407 e. The molecule has 4 atom stereocenters. The maximum absolute atomic E-state index is 13.9. The summed E-state index contributed by atoms with van der Waals surface area (Å²) in [5.41, 5.74) is 0.769. The number of alkyl carbamates (subject to hydrolysis) is 1. The van der Waals surface area contributed by atoms with Gasteiger partial charge in [0.15, 0.2) is 10.8 Å². The Hall–Kier alpha value is -3.06. The number of amides is 1. The largest absolute Gasteiger partial charge is 0.466 e. The molecule has 0 aliphatic carbocycles. The number of nitrogens with zero attached hydrogens (tertiary/aromatic N) is 3. The van der Waals surface area contributed by atoms with Gasteiger partial charge in [0.2, 0.25) is 0 Å². The Bertz CT molecular complexity index is 1350. The van der Waals surface area contributed by atoms with Gasteiger partial charge in [-0.15, -0.1) is 11.3 Å². The van der Waals surface area contributed by atoms with E-state index in [-0.39, 0.29) is 28.7 Å². The summed E-state index contributed by atoms with van der Waals surface area (Å²) in [5, 5.41) is 8.98. The molecule has 3 aliphatic heterocycles. The lowest BCUT2D eigenvalue weighted by Crippen LogP contribution is -2.61. The lowest BCUT2D eigenvalue weighted by atomic mass is 9.89. The summed E-state index contributed by atoms with van der Waals surface area (Å²) in [4.78, 5) is 37.2. The molecule has 2 fully saturated rings.